The van der Waals surface area contributed by atoms with E-state index in [1.807, 2.05) is 19.1 Å². The second-order valence-electron chi connectivity index (χ2n) is 9.91. The molecule has 2 N–H and O–H groups in total. The van der Waals surface area contributed by atoms with Crippen molar-refractivity contribution in [3.05, 3.63) is 60.3 Å². The predicted molar refractivity (Wildman–Crippen MR) is 159 cm³/mol. The molecule has 0 bridgehead atoms. The molecule has 0 fully saturated rings. The Morgan fingerprint density at radius 1 is 0.857 bits per heavy atom. The first kappa shape index (κ1) is 29.3. The standard InChI is InChI=1S/C26H27N5O8S3/c1-15(2)42(36,37)31-19-14-18(23(38-40(4,32)33)24(39-41(5,34)35)21(19)29-26(31)27)22-20(17-11-7-6-8-12-17)28-25-16(3)10-9-13-30(22)25/h6-15H,1-5H3,(H2,27,29). The molecule has 2 aromatic carbocycles. The highest BCUT2D eigenvalue weighted by Crippen LogP contribution is 2.48. The van der Waals surface area contributed by atoms with Gasteiger partial charge in [-0.15, -0.1) is 0 Å². The SMILES string of the molecule is Cc1cccn2c(-c3cc4c(nc(N)n4S(=O)(=O)C(C)C)c(OS(C)(=O)=O)c3OS(C)(=O)=O)c(-c3ccccc3)nc12. The van der Waals surface area contributed by atoms with Crippen molar-refractivity contribution in [3.8, 4) is 34.0 Å². The molecule has 0 unspecified atom stereocenters. The number of hydrogen-bond acceptors (Lipinski definition) is 11. The Morgan fingerprint density at radius 3 is 2.07 bits per heavy atom. The molecular formula is C26H27N5O8S3. The normalized spacial score (nSPS) is 12.8. The lowest BCUT2D eigenvalue weighted by molar-refractivity contribution is 0.458. The lowest BCUT2D eigenvalue weighted by Crippen LogP contribution is -2.23. The van der Waals surface area contributed by atoms with E-state index in [0.717, 1.165) is 22.0 Å². The van der Waals surface area contributed by atoms with Crippen LogP contribution in [0.3, 0.4) is 0 Å². The molecule has 0 aliphatic heterocycles. The number of pyridine rings is 1. The Bertz CT molecular complexity index is 2200. The molecule has 3 aromatic heterocycles. The second kappa shape index (κ2) is 9.99. The zero-order chi connectivity index (χ0) is 30.8. The van der Waals surface area contributed by atoms with Crippen molar-refractivity contribution < 1.29 is 33.6 Å². The fourth-order valence-electron chi connectivity index (χ4n) is 4.54. The number of nitrogen functional groups attached to an aromatic ring is 1. The summed E-state index contributed by atoms with van der Waals surface area (Å²) in [6.45, 7) is 4.72. The van der Waals surface area contributed by atoms with Gasteiger partial charge in [0.15, 0.2) is 5.75 Å². The van der Waals surface area contributed by atoms with Crippen LogP contribution in [-0.2, 0) is 30.3 Å². The molecule has 0 spiro atoms. The Morgan fingerprint density at radius 2 is 1.48 bits per heavy atom. The Balaban J connectivity index is 2.07. The third kappa shape index (κ3) is 5.16. The van der Waals surface area contributed by atoms with E-state index in [1.165, 1.54) is 19.9 Å². The Kier molecular flexibility index (Phi) is 6.98. The number of benzene rings is 2. The van der Waals surface area contributed by atoms with Crippen LogP contribution in [-0.4, -0.2) is 61.4 Å². The molecule has 0 saturated heterocycles. The highest BCUT2D eigenvalue weighted by molar-refractivity contribution is 7.90. The van der Waals surface area contributed by atoms with E-state index in [-0.39, 0.29) is 22.3 Å². The average molecular weight is 634 g/mol. The molecule has 0 saturated carbocycles. The highest BCUT2D eigenvalue weighted by Gasteiger charge is 2.33. The minimum atomic E-state index is -4.34. The maximum atomic E-state index is 13.4. The maximum absolute atomic E-state index is 13.4. The van der Waals surface area contributed by atoms with Crippen molar-refractivity contribution in [2.45, 2.75) is 26.0 Å². The zero-order valence-electron chi connectivity index (χ0n) is 23.1. The lowest BCUT2D eigenvalue weighted by Gasteiger charge is -2.17. The van der Waals surface area contributed by atoms with Gasteiger partial charge >= 0.3 is 20.2 Å². The van der Waals surface area contributed by atoms with Crippen molar-refractivity contribution >= 4 is 52.9 Å². The fraction of sp³-hybridized carbons (Fsp3) is 0.231. The zero-order valence-corrected chi connectivity index (χ0v) is 25.6. The first-order chi connectivity index (χ1) is 19.5. The third-order valence-corrected chi connectivity index (χ3v) is 9.33. The monoisotopic (exact) mass is 633 g/mol. The van der Waals surface area contributed by atoms with Crippen LogP contribution in [0.1, 0.15) is 19.4 Å². The number of hydrogen-bond donors (Lipinski definition) is 1. The lowest BCUT2D eigenvalue weighted by atomic mass is 10.0. The van der Waals surface area contributed by atoms with Gasteiger partial charge in [0.25, 0.3) is 0 Å². The quantitative estimate of drug-likeness (QED) is 0.248. The van der Waals surface area contributed by atoms with Crippen LogP contribution in [0.5, 0.6) is 11.5 Å². The van der Waals surface area contributed by atoms with Crippen molar-refractivity contribution in [2.24, 2.45) is 0 Å². The molecule has 0 amide bonds. The summed E-state index contributed by atoms with van der Waals surface area (Å²) in [4.78, 5) is 8.91. The van der Waals surface area contributed by atoms with Gasteiger partial charge in [0, 0.05) is 11.8 Å². The topological polar surface area (TPSA) is 182 Å². The summed E-state index contributed by atoms with van der Waals surface area (Å²) in [6.07, 6.45) is 3.20. The highest BCUT2D eigenvalue weighted by atomic mass is 32.2. The molecule has 0 aliphatic rings. The summed E-state index contributed by atoms with van der Waals surface area (Å²) in [5.41, 5.74) is 8.11. The number of nitrogens with zero attached hydrogens (tertiary/aromatic N) is 4. The van der Waals surface area contributed by atoms with E-state index in [0.29, 0.717) is 16.9 Å². The van der Waals surface area contributed by atoms with Gasteiger partial charge in [-0.2, -0.15) is 16.8 Å². The Hall–Kier alpha value is -4.15. The number of anilines is 1. The second-order valence-corrected chi connectivity index (χ2v) is 15.4. The van der Waals surface area contributed by atoms with E-state index < -0.39 is 53.0 Å². The van der Waals surface area contributed by atoms with Gasteiger partial charge < -0.3 is 14.1 Å². The van der Waals surface area contributed by atoms with Crippen LogP contribution in [0.4, 0.5) is 5.95 Å². The van der Waals surface area contributed by atoms with Gasteiger partial charge in [0.1, 0.15) is 11.2 Å². The summed E-state index contributed by atoms with van der Waals surface area (Å²) in [5.74, 6) is -1.68. The predicted octanol–water partition coefficient (Wildman–Crippen LogP) is 3.17. The molecule has 5 rings (SSSR count). The molecule has 5 aromatic rings. The molecule has 0 radical (unpaired) electrons. The fourth-order valence-corrected chi connectivity index (χ4v) is 6.60. The number of aromatic nitrogens is 4. The van der Waals surface area contributed by atoms with Crippen LogP contribution in [0.15, 0.2) is 54.7 Å². The van der Waals surface area contributed by atoms with Gasteiger partial charge in [-0.3, -0.25) is 4.40 Å². The van der Waals surface area contributed by atoms with Gasteiger partial charge in [0.2, 0.25) is 21.7 Å². The van der Waals surface area contributed by atoms with Gasteiger partial charge in [-0.05, 0) is 38.5 Å². The molecule has 42 heavy (non-hydrogen) atoms. The molecule has 13 nitrogen and oxygen atoms in total. The van der Waals surface area contributed by atoms with E-state index in [9.17, 15) is 25.3 Å². The minimum Gasteiger partial charge on any atom is -0.378 e. The summed E-state index contributed by atoms with van der Waals surface area (Å²) in [5, 5.41) is -0.954. The summed E-state index contributed by atoms with van der Waals surface area (Å²) in [7, 11) is -12.8. The maximum Gasteiger partial charge on any atom is 0.306 e. The molecule has 222 valence electrons. The molecule has 0 atom stereocenters. The van der Waals surface area contributed by atoms with Crippen molar-refractivity contribution in [3.63, 3.8) is 0 Å². The molecule has 3 heterocycles. The van der Waals surface area contributed by atoms with E-state index in [2.05, 4.69) is 4.98 Å². The first-order valence-electron chi connectivity index (χ1n) is 12.4. The number of aryl methyl sites for hydroxylation is 1. The minimum absolute atomic E-state index is 0.0383. The van der Waals surface area contributed by atoms with Gasteiger partial charge in [-0.25, -0.2) is 22.4 Å². The van der Waals surface area contributed by atoms with Crippen molar-refractivity contribution in [1.82, 2.24) is 18.3 Å². The largest absolute Gasteiger partial charge is 0.378 e. The molecule has 0 aliphatic carbocycles. The Labute approximate surface area is 242 Å². The number of nitrogens with two attached hydrogens (primary N) is 1. The smallest absolute Gasteiger partial charge is 0.306 e. The van der Waals surface area contributed by atoms with Gasteiger partial charge in [-0.1, -0.05) is 36.4 Å². The van der Waals surface area contributed by atoms with Crippen LogP contribution in [0, 0.1) is 6.92 Å². The van der Waals surface area contributed by atoms with Crippen LogP contribution < -0.4 is 14.1 Å². The summed E-state index contributed by atoms with van der Waals surface area (Å²) < 4.78 is 90.0. The molecule has 16 heteroatoms. The van der Waals surface area contributed by atoms with E-state index in [1.54, 1.807) is 40.9 Å². The van der Waals surface area contributed by atoms with E-state index in [4.69, 9.17) is 19.1 Å². The molecular weight excluding hydrogens is 607 g/mol. The summed E-state index contributed by atoms with van der Waals surface area (Å²) in [6, 6.07) is 13.9. The van der Waals surface area contributed by atoms with Crippen molar-refractivity contribution in [2.75, 3.05) is 18.2 Å². The first-order valence-corrected chi connectivity index (χ1v) is 17.5. The van der Waals surface area contributed by atoms with Crippen LogP contribution in [0.2, 0.25) is 0 Å². The summed E-state index contributed by atoms with van der Waals surface area (Å²) >= 11 is 0. The van der Waals surface area contributed by atoms with Gasteiger partial charge in [0.05, 0.1) is 40.2 Å². The van der Waals surface area contributed by atoms with Crippen molar-refractivity contribution in [1.29, 1.82) is 0 Å². The number of fused-ring (bicyclic) bond motifs is 2. The third-order valence-electron chi connectivity index (χ3n) is 6.31. The number of rotatable bonds is 8. The van der Waals surface area contributed by atoms with E-state index >= 15 is 0 Å². The number of imidazole rings is 2. The average Bonchev–Trinajstić information content (AvgIpc) is 3.43. The van der Waals surface area contributed by atoms with Crippen LogP contribution in [0.25, 0.3) is 39.2 Å². The van der Waals surface area contributed by atoms with Crippen LogP contribution >= 0.6 is 0 Å².